The molecule has 0 aromatic rings. The van der Waals surface area contributed by atoms with E-state index in [0.29, 0.717) is 0 Å². The van der Waals surface area contributed by atoms with Crippen molar-refractivity contribution in [1.82, 2.24) is 0 Å². The van der Waals surface area contributed by atoms with Crippen molar-refractivity contribution in [1.29, 1.82) is 0 Å². The number of hydrogen-bond acceptors (Lipinski definition) is 1. The van der Waals surface area contributed by atoms with Gasteiger partial charge in [0.15, 0.2) is 0 Å². The van der Waals surface area contributed by atoms with Gasteiger partial charge in [-0.25, -0.2) is 0 Å². The fourth-order valence-electron chi connectivity index (χ4n) is 0.645. The molecule has 3 heteroatoms. The van der Waals surface area contributed by atoms with Gasteiger partial charge in [-0.1, -0.05) is 33.6 Å². The van der Waals surface area contributed by atoms with Gasteiger partial charge in [0.25, 0.3) is 0 Å². The topological polar surface area (TPSA) is 12.4 Å². The van der Waals surface area contributed by atoms with Crippen LogP contribution in [0.1, 0.15) is 6.92 Å². The van der Waals surface area contributed by atoms with E-state index in [2.05, 4.69) is 20.9 Å². The molecule has 0 saturated carbocycles. The maximum atomic E-state index is 5.74. The molecule has 0 aromatic carbocycles. The summed E-state index contributed by atoms with van der Waals surface area (Å²) in [6, 6.07) is 0. The maximum absolute atomic E-state index is 5.74. The molecule has 0 spiro atoms. The van der Waals surface area contributed by atoms with Crippen LogP contribution in [-0.2, 0) is 0 Å². The maximum Gasteiger partial charge on any atom is 0.139 e. The zero-order valence-corrected chi connectivity index (χ0v) is 7.35. The number of hydrogen-bond donors (Lipinski definition) is 0. The second kappa shape index (κ2) is 2.84. The monoisotopic (exact) mass is 207 g/mol. The molecule has 0 aliphatic carbocycles. The number of halogens is 2. The molecular formula is C6H7BrClN. The summed E-state index contributed by atoms with van der Waals surface area (Å²) in [4.78, 5) is 4.22. The second-order valence-corrected chi connectivity index (χ2v) is 3.51. The third-order valence-electron chi connectivity index (χ3n) is 1.11. The van der Waals surface area contributed by atoms with Crippen molar-refractivity contribution in [2.24, 2.45) is 4.99 Å². The molecule has 0 aromatic heterocycles. The van der Waals surface area contributed by atoms with E-state index in [9.17, 15) is 0 Å². The van der Waals surface area contributed by atoms with Crippen LogP contribution in [0.15, 0.2) is 16.6 Å². The van der Waals surface area contributed by atoms with Crippen LogP contribution in [-0.4, -0.2) is 16.5 Å². The number of aliphatic imine (C=N–C) groups is 1. The molecule has 0 bridgehead atoms. The van der Waals surface area contributed by atoms with Gasteiger partial charge in [0.2, 0.25) is 0 Å². The molecule has 9 heavy (non-hydrogen) atoms. The second-order valence-electron chi connectivity index (χ2n) is 2.01. The number of rotatable bonds is 0. The van der Waals surface area contributed by atoms with Crippen LogP contribution in [0.4, 0.5) is 0 Å². The third-order valence-corrected chi connectivity index (χ3v) is 2.56. The molecule has 0 fully saturated rings. The quantitative estimate of drug-likeness (QED) is 0.428. The summed E-state index contributed by atoms with van der Waals surface area (Å²) < 4.78 is 0. The Morgan fingerprint density at radius 2 is 2.44 bits per heavy atom. The molecule has 1 nitrogen and oxygen atoms in total. The molecule has 2 unspecified atom stereocenters. The zero-order valence-electron chi connectivity index (χ0n) is 5.01. The average Bonchev–Trinajstić information content (AvgIpc) is 1.80. The Morgan fingerprint density at radius 1 is 1.78 bits per heavy atom. The first-order chi connectivity index (χ1) is 4.20. The van der Waals surface area contributed by atoms with E-state index in [1.54, 1.807) is 6.21 Å². The molecule has 0 amide bonds. The van der Waals surface area contributed by atoms with E-state index in [1.807, 2.05) is 13.0 Å². The van der Waals surface area contributed by atoms with Gasteiger partial charge in [-0.3, -0.25) is 4.99 Å². The number of alkyl halides is 2. The van der Waals surface area contributed by atoms with Gasteiger partial charge >= 0.3 is 0 Å². The lowest BCUT2D eigenvalue weighted by molar-refractivity contribution is 0.937. The van der Waals surface area contributed by atoms with E-state index in [0.717, 1.165) is 5.57 Å². The van der Waals surface area contributed by atoms with Crippen molar-refractivity contribution in [2.75, 3.05) is 0 Å². The lowest BCUT2D eigenvalue weighted by Gasteiger charge is -2.12. The van der Waals surface area contributed by atoms with E-state index in [-0.39, 0.29) is 10.3 Å². The highest BCUT2D eigenvalue weighted by atomic mass is 79.9. The van der Waals surface area contributed by atoms with E-state index in [4.69, 9.17) is 11.6 Å². The highest BCUT2D eigenvalue weighted by Gasteiger charge is 2.14. The lowest BCUT2D eigenvalue weighted by Crippen LogP contribution is -2.13. The Hall–Kier alpha value is 0.180. The zero-order chi connectivity index (χ0) is 6.85. The first-order valence-corrected chi connectivity index (χ1v) is 4.05. The van der Waals surface area contributed by atoms with Crippen LogP contribution in [0.5, 0.6) is 0 Å². The Morgan fingerprint density at radius 3 is 2.89 bits per heavy atom. The number of allylic oxidation sites excluding steroid dienone is 1. The van der Waals surface area contributed by atoms with E-state index >= 15 is 0 Å². The predicted molar refractivity (Wildman–Crippen MR) is 44.6 cm³/mol. The fraction of sp³-hybridized carbons (Fsp3) is 0.500. The molecule has 1 aliphatic rings. The Balaban J connectivity index is 2.70. The summed E-state index contributed by atoms with van der Waals surface area (Å²) in [6.45, 7) is 2.00. The first kappa shape index (κ1) is 7.29. The van der Waals surface area contributed by atoms with Gasteiger partial charge in [-0.05, 0) is 12.5 Å². The van der Waals surface area contributed by atoms with Gasteiger partial charge in [-0.15, -0.1) is 0 Å². The van der Waals surface area contributed by atoms with Gasteiger partial charge in [0.1, 0.15) is 5.50 Å². The smallest absolute Gasteiger partial charge is 0.139 e. The fourth-order valence-corrected chi connectivity index (χ4v) is 1.33. The van der Waals surface area contributed by atoms with Gasteiger partial charge in [0.05, 0.1) is 4.83 Å². The molecule has 1 rings (SSSR count). The van der Waals surface area contributed by atoms with Crippen molar-refractivity contribution in [3.05, 3.63) is 11.6 Å². The van der Waals surface area contributed by atoms with Gasteiger partial charge in [-0.2, -0.15) is 0 Å². The van der Waals surface area contributed by atoms with Crippen molar-refractivity contribution in [3.8, 4) is 0 Å². The molecular weight excluding hydrogens is 201 g/mol. The van der Waals surface area contributed by atoms with Crippen LogP contribution in [0, 0.1) is 0 Å². The minimum Gasteiger partial charge on any atom is -0.272 e. The van der Waals surface area contributed by atoms with Crippen LogP contribution >= 0.6 is 27.5 Å². The highest BCUT2D eigenvalue weighted by Crippen LogP contribution is 2.19. The van der Waals surface area contributed by atoms with Crippen molar-refractivity contribution < 1.29 is 0 Å². The minimum absolute atomic E-state index is 0.131. The number of nitrogens with zero attached hydrogens (tertiary/aromatic N) is 1. The van der Waals surface area contributed by atoms with E-state index in [1.165, 1.54) is 0 Å². The van der Waals surface area contributed by atoms with Crippen LogP contribution in [0.25, 0.3) is 0 Å². The molecule has 0 saturated heterocycles. The lowest BCUT2D eigenvalue weighted by atomic mass is 10.2. The molecule has 1 heterocycles. The Labute approximate surface area is 67.9 Å². The van der Waals surface area contributed by atoms with Gasteiger partial charge < -0.3 is 0 Å². The normalized spacial score (nSPS) is 34.3. The average molecular weight is 208 g/mol. The third kappa shape index (κ3) is 1.80. The van der Waals surface area contributed by atoms with Crippen molar-refractivity contribution >= 4 is 33.7 Å². The van der Waals surface area contributed by atoms with E-state index < -0.39 is 0 Å². The molecule has 50 valence electrons. The SMILES string of the molecule is CC1=CC(Br)C(Cl)N=C1. The molecule has 2 atom stereocenters. The van der Waals surface area contributed by atoms with Crippen LogP contribution < -0.4 is 0 Å². The van der Waals surface area contributed by atoms with Crippen LogP contribution in [0.3, 0.4) is 0 Å². The minimum atomic E-state index is -0.131. The molecule has 1 aliphatic heterocycles. The summed E-state index contributed by atoms with van der Waals surface area (Å²) >= 11 is 9.11. The Kier molecular flexibility index (Phi) is 2.30. The predicted octanol–water partition coefficient (Wildman–Crippen LogP) is 2.35. The largest absolute Gasteiger partial charge is 0.272 e. The highest BCUT2D eigenvalue weighted by molar-refractivity contribution is 9.09. The molecule has 0 radical (unpaired) electrons. The van der Waals surface area contributed by atoms with Crippen LogP contribution in [0.2, 0.25) is 0 Å². The standard InChI is InChI=1S/C6H7BrClN/c1-4-2-5(7)6(8)9-3-4/h2-3,5-6H,1H3. The summed E-state index contributed by atoms with van der Waals surface area (Å²) in [6.07, 6.45) is 3.83. The number of dihydropyridines is 1. The van der Waals surface area contributed by atoms with Crippen molar-refractivity contribution in [3.63, 3.8) is 0 Å². The van der Waals surface area contributed by atoms with Crippen molar-refractivity contribution in [2.45, 2.75) is 17.3 Å². The van der Waals surface area contributed by atoms with Gasteiger partial charge in [0, 0.05) is 6.21 Å². The summed E-state index contributed by atoms with van der Waals surface area (Å²) in [5.74, 6) is 0. The summed E-state index contributed by atoms with van der Waals surface area (Å²) in [7, 11) is 0. The summed E-state index contributed by atoms with van der Waals surface area (Å²) in [5, 5.41) is 0. The summed E-state index contributed by atoms with van der Waals surface area (Å²) in [5.41, 5.74) is 1.03. The Bertz CT molecular complexity index is 164. The first-order valence-electron chi connectivity index (χ1n) is 2.70. The molecule has 0 N–H and O–H groups in total.